The first-order valence-corrected chi connectivity index (χ1v) is 7.03. The van der Waals surface area contributed by atoms with Crippen molar-refractivity contribution in [2.75, 3.05) is 13.2 Å². The van der Waals surface area contributed by atoms with Crippen molar-refractivity contribution >= 4 is 5.91 Å². The maximum Gasteiger partial charge on any atom is 0.274 e. The number of hydrogen-bond acceptors (Lipinski definition) is 3. The Kier molecular flexibility index (Phi) is 3.89. The fraction of sp³-hybridized carbons (Fsp3) is 0.333. The van der Waals surface area contributed by atoms with Gasteiger partial charge in [0.1, 0.15) is 5.69 Å². The molecule has 1 fully saturated rings. The smallest absolute Gasteiger partial charge is 0.274 e. The first kappa shape index (κ1) is 14.6. The molecule has 1 aromatic heterocycles. The highest BCUT2D eigenvalue weighted by Crippen LogP contribution is 2.28. The lowest BCUT2D eigenvalue weighted by atomic mass is 10.3. The molecule has 5 nitrogen and oxygen atoms in total. The molecule has 0 saturated heterocycles. The van der Waals surface area contributed by atoms with E-state index in [4.69, 9.17) is 5.11 Å². The minimum Gasteiger partial charge on any atom is -0.395 e. The van der Waals surface area contributed by atoms with Gasteiger partial charge in [-0.15, -0.1) is 0 Å². The summed E-state index contributed by atoms with van der Waals surface area (Å²) in [7, 11) is 0. The van der Waals surface area contributed by atoms with Crippen LogP contribution in [0.2, 0.25) is 0 Å². The second-order valence-corrected chi connectivity index (χ2v) is 5.17. The molecule has 0 radical (unpaired) electrons. The maximum atomic E-state index is 13.7. The van der Waals surface area contributed by atoms with Crippen molar-refractivity contribution in [1.29, 1.82) is 0 Å². The zero-order chi connectivity index (χ0) is 15.7. The molecule has 0 aliphatic heterocycles. The van der Waals surface area contributed by atoms with E-state index in [9.17, 15) is 13.6 Å². The molecule has 1 heterocycles. The van der Waals surface area contributed by atoms with Gasteiger partial charge >= 0.3 is 0 Å². The fourth-order valence-corrected chi connectivity index (χ4v) is 2.36. The van der Waals surface area contributed by atoms with E-state index >= 15 is 0 Å². The quantitative estimate of drug-likeness (QED) is 0.915. The highest BCUT2D eigenvalue weighted by atomic mass is 19.1. The second kappa shape index (κ2) is 5.84. The van der Waals surface area contributed by atoms with Crippen LogP contribution in [-0.2, 0) is 0 Å². The number of rotatable bonds is 5. The Morgan fingerprint density at radius 1 is 1.32 bits per heavy atom. The zero-order valence-corrected chi connectivity index (χ0v) is 11.7. The predicted molar refractivity (Wildman–Crippen MR) is 74.6 cm³/mol. The lowest BCUT2D eigenvalue weighted by Gasteiger charge is -2.19. The van der Waals surface area contributed by atoms with Crippen LogP contribution in [0.25, 0.3) is 5.69 Å². The Labute approximate surface area is 125 Å². The van der Waals surface area contributed by atoms with Gasteiger partial charge in [0.15, 0.2) is 17.3 Å². The molecule has 0 spiro atoms. The number of amides is 1. The number of para-hydroxylation sites is 1. The van der Waals surface area contributed by atoms with Crippen molar-refractivity contribution in [3.63, 3.8) is 0 Å². The van der Waals surface area contributed by atoms with Gasteiger partial charge in [-0.25, -0.2) is 13.5 Å². The van der Waals surface area contributed by atoms with E-state index in [2.05, 4.69) is 5.10 Å². The van der Waals surface area contributed by atoms with Gasteiger partial charge in [0, 0.05) is 18.8 Å². The zero-order valence-electron chi connectivity index (χ0n) is 11.7. The number of aromatic nitrogens is 2. The molecule has 22 heavy (non-hydrogen) atoms. The van der Waals surface area contributed by atoms with Crippen molar-refractivity contribution < 1.29 is 18.7 Å². The molecule has 3 rings (SSSR count). The molecular formula is C15H15F2N3O2. The summed E-state index contributed by atoms with van der Waals surface area (Å²) in [5.41, 5.74) is -0.218. The molecule has 1 amide bonds. The number of halogens is 2. The molecule has 116 valence electrons. The van der Waals surface area contributed by atoms with Crippen LogP contribution in [0.15, 0.2) is 30.5 Å². The molecule has 0 bridgehead atoms. The average Bonchev–Trinajstić information content (AvgIpc) is 3.22. The number of carbonyl (C=O) groups excluding carboxylic acids is 1. The van der Waals surface area contributed by atoms with E-state index in [-0.39, 0.29) is 36.5 Å². The first-order valence-electron chi connectivity index (χ1n) is 7.03. The van der Waals surface area contributed by atoms with Gasteiger partial charge in [0.25, 0.3) is 5.91 Å². The standard InChI is InChI=1S/C15H15F2N3O2/c16-11-2-1-3-12(17)14(11)20-7-6-13(18-20)15(22)19(8-9-21)10-4-5-10/h1-3,6-7,10,21H,4-5,8-9H2. The number of aliphatic hydroxyl groups is 1. The number of carbonyl (C=O) groups is 1. The van der Waals surface area contributed by atoms with Gasteiger partial charge in [-0.1, -0.05) is 6.07 Å². The van der Waals surface area contributed by atoms with Crippen molar-refractivity contribution in [2.45, 2.75) is 18.9 Å². The largest absolute Gasteiger partial charge is 0.395 e. The highest BCUT2D eigenvalue weighted by molar-refractivity contribution is 5.92. The molecule has 1 aromatic carbocycles. The topological polar surface area (TPSA) is 58.4 Å². The van der Waals surface area contributed by atoms with Crippen LogP contribution in [0.5, 0.6) is 0 Å². The summed E-state index contributed by atoms with van der Waals surface area (Å²) in [6.45, 7) is 0.0926. The Morgan fingerprint density at radius 3 is 2.59 bits per heavy atom. The maximum absolute atomic E-state index is 13.7. The van der Waals surface area contributed by atoms with Crippen molar-refractivity contribution in [3.05, 3.63) is 47.8 Å². The van der Waals surface area contributed by atoms with Gasteiger partial charge in [-0.05, 0) is 31.0 Å². The normalized spacial score (nSPS) is 14.1. The van der Waals surface area contributed by atoms with E-state index in [1.807, 2.05) is 0 Å². The van der Waals surface area contributed by atoms with Crippen molar-refractivity contribution in [1.82, 2.24) is 14.7 Å². The lowest BCUT2D eigenvalue weighted by molar-refractivity contribution is 0.0701. The Morgan fingerprint density at radius 2 is 2.00 bits per heavy atom. The second-order valence-electron chi connectivity index (χ2n) is 5.17. The lowest BCUT2D eigenvalue weighted by Crippen LogP contribution is -2.35. The molecule has 0 unspecified atom stereocenters. The third-order valence-corrected chi connectivity index (χ3v) is 3.56. The van der Waals surface area contributed by atoms with Gasteiger partial charge in [-0.3, -0.25) is 4.79 Å². The third-order valence-electron chi connectivity index (χ3n) is 3.56. The van der Waals surface area contributed by atoms with Gasteiger partial charge in [-0.2, -0.15) is 5.10 Å². The fourth-order valence-electron chi connectivity index (χ4n) is 2.36. The third kappa shape index (κ3) is 2.71. The molecule has 1 aliphatic rings. The van der Waals surface area contributed by atoms with Gasteiger partial charge in [0.2, 0.25) is 0 Å². The Hall–Kier alpha value is -2.28. The number of hydrogen-bond donors (Lipinski definition) is 1. The van der Waals surface area contributed by atoms with Crippen LogP contribution in [0, 0.1) is 11.6 Å². The molecule has 1 aliphatic carbocycles. The van der Waals surface area contributed by atoms with E-state index in [1.54, 1.807) is 4.90 Å². The van der Waals surface area contributed by atoms with Crippen LogP contribution < -0.4 is 0 Å². The first-order chi connectivity index (χ1) is 10.6. The van der Waals surface area contributed by atoms with Crippen molar-refractivity contribution in [2.24, 2.45) is 0 Å². The molecule has 0 atom stereocenters. The van der Waals surface area contributed by atoms with E-state index < -0.39 is 11.6 Å². The van der Waals surface area contributed by atoms with E-state index in [0.717, 1.165) is 29.7 Å². The van der Waals surface area contributed by atoms with Crippen LogP contribution in [0.3, 0.4) is 0 Å². The highest BCUT2D eigenvalue weighted by Gasteiger charge is 2.33. The summed E-state index contributed by atoms with van der Waals surface area (Å²) < 4.78 is 28.5. The summed E-state index contributed by atoms with van der Waals surface area (Å²) in [6.07, 6.45) is 3.14. The average molecular weight is 307 g/mol. The van der Waals surface area contributed by atoms with Crippen molar-refractivity contribution in [3.8, 4) is 5.69 Å². The van der Waals surface area contributed by atoms with Crippen LogP contribution >= 0.6 is 0 Å². The van der Waals surface area contributed by atoms with E-state index in [1.165, 1.54) is 18.3 Å². The minimum atomic E-state index is -0.753. The van der Waals surface area contributed by atoms with Crippen LogP contribution in [0.1, 0.15) is 23.3 Å². The van der Waals surface area contributed by atoms with Crippen LogP contribution in [0.4, 0.5) is 8.78 Å². The van der Waals surface area contributed by atoms with E-state index in [0.29, 0.717) is 0 Å². The molecule has 7 heteroatoms. The molecule has 1 saturated carbocycles. The summed E-state index contributed by atoms with van der Waals surface area (Å²) in [4.78, 5) is 13.9. The Bertz CT molecular complexity index is 678. The number of nitrogens with zero attached hydrogens (tertiary/aromatic N) is 3. The summed E-state index contributed by atoms with van der Waals surface area (Å²) >= 11 is 0. The summed E-state index contributed by atoms with van der Waals surface area (Å²) in [5, 5.41) is 13.0. The molecular weight excluding hydrogens is 292 g/mol. The monoisotopic (exact) mass is 307 g/mol. The molecule has 2 aromatic rings. The predicted octanol–water partition coefficient (Wildman–Crippen LogP) is 1.75. The van der Waals surface area contributed by atoms with Gasteiger partial charge < -0.3 is 10.0 Å². The minimum absolute atomic E-state index is 0.100. The Balaban J connectivity index is 1.88. The number of aliphatic hydroxyl groups excluding tert-OH is 1. The summed E-state index contributed by atoms with van der Waals surface area (Å²) in [6, 6.07) is 5.06. The van der Waals surface area contributed by atoms with Crippen LogP contribution in [-0.4, -0.2) is 44.9 Å². The summed E-state index contributed by atoms with van der Waals surface area (Å²) in [5.74, 6) is -1.85. The molecule has 1 N–H and O–H groups in total. The van der Waals surface area contributed by atoms with Gasteiger partial charge in [0.05, 0.1) is 6.61 Å². The number of benzene rings is 1. The SMILES string of the molecule is O=C(c1ccn(-c2c(F)cccc2F)n1)N(CCO)C1CC1.